The smallest absolute Gasteiger partial charge is 0.267 e. The fraction of sp³-hybridized carbons (Fsp3) is 0.333. The largest absolute Gasteiger partial charge is 0.300 e. The monoisotopic (exact) mass is 394 g/mol. The highest BCUT2D eigenvalue weighted by Gasteiger charge is 2.21. The molecule has 1 amide bonds. The first-order valence-electron chi connectivity index (χ1n) is 9.47. The molecule has 1 atom stereocenters. The summed E-state index contributed by atoms with van der Waals surface area (Å²) in [4.78, 5) is 30.8. The Labute approximate surface area is 167 Å². The number of nitrogens with one attached hydrogen (secondary N) is 1. The van der Waals surface area contributed by atoms with Crippen LogP contribution in [-0.2, 0) is 17.6 Å². The predicted molar refractivity (Wildman–Crippen MR) is 111 cm³/mol. The van der Waals surface area contributed by atoms with Crippen molar-refractivity contribution in [2.45, 2.75) is 45.6 Å². The van der Waals surface area contributed by atoms with Gasteiger partial charge >= 0.3 is 0 Å². The molecule has 1 aromatic carbocycles. The van der Waals surface area contributed by atoms with E-state index in [1.807, 2.05) is 31.2 Å². The number of benzene rings is 1. The molecule has 3 aromatic rings. The van der Waals surface area contributed by atoms with Crippen LogP contribution < -0.4 is 10.9 Å². The quantitative estimate of drug-likeness (QED) is 0.731. The van der Waals surface area contributed by atoms with Crippen molar-refractivity contribution in [2.24, 2.45) is 0 Å². The van der Waals surface area contributed by atoms with Crippen molar-refractivity contribution in [1.82, 2.24) is 14.8 Å². The Morgan fingerprint density at radius 3 is 2.64 bits per heavy atom. The zero-order chi connectivity index (χ0) is 19.7. The number of fused-ring (bicyclic) bond motifs is 1. The Hall–Kier alpha value is -2.80. The van der Waals surface area contributed by atoms with E-state index in [-0.39, 0.29) is 11.5 Å². The van der Waals surface area contributed by atoms with Gasteiger partial charge in [0.1, 0.15) is 6.04 Å². The van der Waals surface area contributed by atoms with E-state index in [9.17, 15) is 9.59 Å². The van der Waals surface area contributed by atoms with E-state index >= 15 is 0 Å². The fourth-order valence-corrected chi connectivity index (χ4v) is 4.36. The van der Waals surface area contributed by atoms with E-state index in [4.69, 9.17) is 0 Å². The molecule has 6 nitrogen and oxygen atoms in total. The van der Waals surface area contributed by atoms with Gasteiger partial charge in [-0.2, -0.15) is 5.10 Å². The molecule has 1 aliphatic rings. The van der Waals surface area contributed by atoms with Crippen LogP contribution in [0.5, 0.6) is 0 Å². The molecule has 144 valence electrons. The van der Waals surface area contributed by atoms with Crippen molar-refractivity contribution in [3.8, 4) is 11.3 Å². The van der Waals surface area contributed by atoms with E-state index < -0.39 is 6.04 Å². The average Bonchev–Trinajstić information content (AvgIpc) is 3.10. The van der Waals surface area contributed by atoms with Gasteiger partial charge in [0.05, 0.1) is 11.4 Å². The zero-order valence-electron chi connectivity index (χ0n) is 15.9. The third-order valence-electron chi connectivity index (χ3n) is 4.99. The lowest BCUT2D eigenvalue weighted by molar-refractivity contribution is -0.119. The summed E-state index contributed by atoms with van der Waals surface area (Å²) >= 11 is 1.53. The number of carbonyl (C=O) groups excluding carboxylic acids is 1. The molecule has 0 saturated carbocycles. The van der Waals surface area contributed by atoms with Gasteiger partial charge in [-0.25, -0.2) is 9.67 Å². The number of hydrogen-bond acceptors (Lipinski definition) is 5. The number of hydrogen-bond donors (Lipinski definition) is 1. The van der Waals surface area contributed by atoms with Gasteiger partial charge in [0.15, 0.2) is 5.13 Å². The molecule has 4 rings (SSSR count). The summed E-state index contributed by atoms with van der Waals surface area (Å²) < 4.78 is 1.23. The van der Waals surface area contributed by atoms with Gasteiger partial charge in [0, 0.05) is 16.5 Å². The van der Waals surface area contributed by atoms with E-state index in [1.54, 1.807) is 13.0 Å². The summed E-state index contributed by atoms with van der Waals surface area (Å²) in [6, 6.07) is 10.3. The molecule has 28 heavy (non-hydrogen) atoms. The Bertz CT molecular complexity index is 1050. The highest BCUT2D eigenvalue weighted by molar-refractivity contribution is 7.15. The zero-order valence-corrected chi connectivity index (χ0v) is 16.8. The summed E-state index contributed by atoms with van der Waals surface area (Å²) in [7, 11) is 0. The van der Waals surface area contributed by atoms with Crippen LogP contribution >= 0.6 is 11.3 Å². The lowest BCUT2D eigenvalue weighted by atomic mass is 10.0. The number of thiazole rings is 1. The van der Waals surface area contributed by atoms with E-state index in [0.29, 0.717) is 10.8 Å². The molecular formula is C21H22N4O2S. The van der Waals surface area contributed by atoms with Crippen LogP contribution in [0, 0.1) is 6.92 Å². The number of aryl methyl sites for hydroxylation is 3. The molecule has 2 heterocycles. The third-order valence-corrected chi connectivity index (χ3v) is 6.07. The van der Waals surface area contributed by atoms with E-state index in [2.05, 4.69) is 15.4 Å². The molecule has 0 radical (unpaired) electrons. The highest BCUT2D eigenvalue weighted by atomic mass is 32.1. The van der Waals surface area contributed by atoms with E-state index in [1.165, 1.54) is 33.4 Å². The molecule has 2 aromatic heterocycles. The van der Waals surface area contributed by atoms with Gasteiger partial charge in [0.25, 0.3) is 11.5 Å². The van der Waals surface area contributed by atoms with Gasteiger partial charge in [-0.15, -0.1) is 11.3 Å². The highest BCUT2D eigenvalue weighted by Crippen LogP contribution is 2.29. The Morgan fingerprint density at radius 1 is 1.14 bits per heavy atom. The Kier molecular flexibility index (Phi) is 5.09. The van der Waals surface area contributed by atoms with Crippen molar-refractivity contribution in [2.75, 3.05) is 5.32 Å². The van der Waals surface area contributed by atoms with Gasteiger partial charge in [-0.1, -0.05) is 29.8 Å². The van der Waals surface area contributed by atoms with Gasteiger partial charge in [0.2, 0.25) is 0 Å². The molecular weight excluding hydrogens is 372 g/mol. The van der Waals surface area contributed by atoms with Gasteiger partial charge in [-0.3, -0.25) is 9.59 Å². The van der Waals surface area contributed by atoms with E-state index in [0.717, 1.165) is 36.1 Å². The van der Waals surface area contributed by atoms with Gasteiger partial charge < -0.3 is 5.32 Å². The molecule has 1 N–H and O–H groups in total. The molecule has 7 heteroatoms. The van der Waals surface area contributed by atoms with Crippen LogP contribution in [0.25, 0.3) is 11.3 Å². The van der Waals surface area contributed by atoms with Crippen LogP contribution in [-0.4, -0.2) is 20.7 Å². The number of aromatic nitrogens is 3. The Balaban J connectivity index is 1.56. The second kappa shape index (κ2) is 7.67. The summed E-state index contributed by atoms with van der Waals surface area (Å²) in [5.41, 5.74) is 3.49. The second-order valence-corrected chi connectivity index (χ2v) is 8.21. The molecule has 1 aliphatic carbocycles. The maximum atomic E-state index is 12.7. The first-order valence-corrected chi connectivity index (χ1v) is 10.3. The first kappa shape index (κ1) is 18.6. The normalized spacial score (nSPS) is 14.4. The van der Waals surface area contributed by atoms with Crippen LogP contribution in [0.1, 0.15) is 41.9 Å². The van der Waals surface area contributed by atoms with Crippen molar-refractivity contribution < 1.29 is 4.79 Å². The number of anilines is 1. The summed E-state index contributed by atoms with van der Waals surface area (Å²) in [6.45, 7) is 3.69. The first-order chi connectivity index (χ1) is 13.5. The number of nitrogens with zero attached hydrogens (tertiary/aromatic N) is 3. The van der Waals surface area contributed by atoms with Crippen LogP contribution in [0.4, 0.5) is 5.13 Å². The number of rotatable bonds is 4. The second-order valence-electron chi connectivity index (χ2n) is 7.13. The fourth-order valence-electron chi connectivity index (χ4n) is 3.31. The van der Waals surface area contributed by atoms with Gasteiger partial charge in [-0.05, 0) is 45.6 Å². The molecule has 0 spiro atoms. The maximum absolute atomic E-state index is 12.7. The molecule has 1 unspecified atom stereocenters. The van der Waals surface area contributed by atoms with Crippen molar-refractivity contribution >= 4 is 22.4 Å². The van der Waals surface area contributed by atoms with Crippen molar-refractivity contribution in [3.63, 3.8) is 0 Å². The minimum atomic E-state index is -0.737. The van der Waals surface area contributed by atoms with Crippen LogP contribution in [0.3, 0.4) is 0 Å². The lowest BCUT2D eigenvalue weighted by Crippen LogP contribution is -2.33. The van der Waals surface area contributed by atoms with Crippen molar-refractivity contribution in [1.29, 1.82) is 0 Å². The minimum Gasteiger partial charge on any atom is -0.300 e. The summed E-state index contributed by atoms with van der Waals surface area (Å²) in [5, 5.41) is 7.89. The summed E-state index contributed by atoms with van der Waals surface area (Å²) in [5.74, 6) is -0.290. The minimum absolute atomic E-state index is 0.290. The molecule has 0 saturated heterocycles. The summed E-state index contributed by atoms with van der Waals surface area (Å²) in [6.07, 6.45) is 4.31. The standard InChI is InChI=1S/C21H22N4O2S/c1-13-7-9-15(10-8-13)16-11-12-19(26)25(24-16)14(2)20(27)23-21-22-17-5-3-4-6-18(17)28-21/h7-12,14H,3-6H2,1-2H3,(H,22,23,27). The maximum Gasteiger partial charge on any atom is 0.267 e. The lowest BCUT2D eigenvalue weighted by Gasteiger charge is -2.14. The third kappa shape index (κ3) is 3.75. The molecule has 0 aliphatic heterocycles. The number of amides is 1. The topological polar surface area (TPSA) is 76.9 Å². The Morgan fingerprint density at radius 2 is 1.89 bits per heavy atom. The molecule has 0 fully saturated rings. The van der Waals surface area contributed by atoms with Crippen LogP contribution in [0.2, 0.25) is 0 Å². The average molecular weight is 395 g/mol. The van der Waals surface area contributed by atoms with Crippen molar-refractivity contribution in [3.05, 3.63) is 62.9 Å². The molecule has 0 bridgehead atoms. The predicted octanol–water partition coefficient (Wildman–Crippen LogP) is 3.75. The SMILES string of the molecule is Cc1ccc(-c2ccc(=O)n(C(C)C(=O)Nc3nc4c(s3)CCCC4)n2)cc1. The van der Waals surface area contributed by atoms with Crippen LogP contribution in [0.15, 0.2) is 41.2 Å². The number of carbonyl (C=O) groups is 1.